The molecule has 174 valence electrons. The van der Waals surface area contributed by atoms with Crippen LogP contribution in [0.25, 0.3) is 11.1 Å². The Balaban J connectivity index is 0.000000469. The summed E-state index contributed by atoms with van der Waals surface area (Å²) in [6, 6.07) is 17.5. The lowest BCUT2D eigenvalue weighted by atomic mass is 10.1. The van der Waals surface area contributed by atoms with Crippen LogP contribution in [-0.2, 0) is 16.1 Å². The summed E-state index contributed by atoms with van der Waals surface area (Å²) in [5.74, 6) is 1.40. The van der Waals surface area contributed by atoms with E-state index in [0.29, 0.717) is 19.0 Å². The molecule has 0 aliphatic rings. The van der Waals surface area contributed by atoms with Crippen molar-refractivity contribution in [1.29, 1.82) is 0 Å². The van der Waals surface area contributed by atoms with Crippen molar-refractivity contribution in [2.75, 3.05) is 12.4 Å². The first-order valence-corrected chi connectivity index (χ1v) is 11.4. The average Bonchev–Trinajstić information content (AvgIpc) is 3.30. The molecule has 0 fully saturated rings. The number of hydrogen-bond donors (Lipinski definition) is 1. The molecule has 3 rings (SSSR count). The van der Waals surface area contributed by atoms with Crippen LogP contribution in [0, 0.1) is 5.92 Å². The molecular formula is C26H35BrN2O3. The summed E-state index contributed by atoms with van der Waals surface area (Å²) >= 11 is 3.39. The zero-order chi connectivity index (χ0) is 24.2. The summed E-state index contributed by atoms with van der Waals surface area (Å²) in [5.41, 5.74) is 3.06. The van der Waals surface area contributed by atoms with Gasteiger partial charge in [0.1, 0.15) is 6.61 Å². The summed E-state index contributed by atoms with van der Waals surface area (Å²) in [4.78, 5) is 9.76. The molecule has 1 heterocycles. The first kappa shape index (κ1) is 29.1. The molecule has 0 aliphatic heterocycles. The van der Waals surface area contributed by atoms with E-state index in [-0.39, 0.29) is 0 Å². The molecule has 0 atom stereocenters. The summed E-state index contributed by atoms with van der Waals surface area (Å²) in [5, 5.41) is 6.69. The van der Waals surface area contributed by atoms with Gasteiger partial charge < -0.3 is 14.6 Å². The van der Waals surface area contributed by atoms with E-state index in [1.165, 1.54) is 0 Å². The minimum Gasteiger partial charge on any atom is -0.463 e. The molecule has 0 saturated carbocycles. The Labute approximate surface area is 201 Å². The molecule has 0 radical (unpaired) electrons. The number of aromatic nitrogens is 1. The minimum absolute atomic E-state index is 0.365. The van der Waals surface area contributed by atoms with E-state index in [4.69, 9.17) is 4.52 Å². The van der Waals surface area contributed by atoms with Crippen molar-refractivity contribution in [3.8, 4) is 11.1 Å². The highest BCUT2D eigenvalue weighted by Gasteiger charge is 2.07. The molecule has 0 bridgehead atoms. The molecule has 0 spiro atoms. The first-order valence-electron chi connectivity index (χ1n) is 10.6. The summed E-state index contributed by atoms with van der Waals surface area (Å²) in [7, 11) is 1.81. The van der Waals surface area contributed by atoms with Gasteiger partial charge in [-0.15, -0.1) is 0 Å². The maximum absolute atomic E-state index is 9.76. The molecule has 0 amide bonds. The highest BCUT2D eigenvalue weighted by molar-refractivity contribution is 9.10. The number of nitrogens with zero attached hydrogens (tertiary/aromatic N) is 1. The van der Waals surface area contributed by atoms with E-state index in [9.17, 15) is 4.79 Å². The molecule has 5 nitrogen and oxygen atoms in total. The molecule has 0 saturated heterocycles. The van der Waals surface area contributed by atoms with E-state index < -0.39 is 0 Å². The Morgan fingerprint density at radius 3 is 2.19 bits per heavy atom. The second kappa shape index (κ2) is 18.9. The standard InChI is InChI=1S/C10H9BrN2O.C8H8O2.C6H12.C2H6/c1-12-10-9(6-13-14-10)7-2-4-8(11)5-3-7;9-7-10-6-8-4-2-1-3-5-8;1-4-5-6(2)3;1-2/h2-6,12H,1H3;1-5,7H,6H2;4-6H,1-3H3;1-2H3/b;;5-4-;. The van der Waals surface area contributed by atoms with Gasteiger partial charge in [-0.2, -0.15) is 0 Å². The van der Waals surface area contributed by atoms with Gasteiger partial charge >= 0.3 is 0 Å². The van der Waals surface area contributed by atoms with Crippen LogP contribution in [0.15, 0.2) is 81.9 Å². The summed E-state index contributed by atoms with van der Waals surface area (Å²) in [6.45, 7) is 11.2. The van der Waals surface area contributed by atoms with E-state index >= 15 is 0 Å². The van der Waals surface area contributed by atoms with E-state index in [0.717, 1.165) is 27.1 Å². The predicted octanol–water partition coefficient (Wildman–Crippen LogP) is 7.75. The lowest BCUT2D eigenvalue weighted by Gasteiger charge is -1.99. The number of carbonyl (C=O) groups excluding carboxylic acids is 1. The van der Waals surface area contributed by atoms with Gasteiger partial charge in [0.15, 0.2) is 0 Å². The van der Waals surface area contributed by atoms with Crippen molar-refractivity contribution in [1.82, 2.24) is 5.16 Å². The lowest BCUT2D eigenvalue weighted by Crippen LogP contribution is -1.88. The van der Waals surface area contributed by atoms with Crippen LogP contribution in [0.1, 0.15) is 40.2 Å². The van der Waals surface area contributed by atoms with E-state index in [1.807, 2.05) is 82.4 Å². The third kappa shape index (κ3) is 12.7. The summed E-state index contributed by atoms with van der Waals surface area (Å²) < 4.78 is 10.6. The molecular weight excluding hydrogens is 468 g/mol. The number of benzene rings is 2. The van der Waals surface area contributed by atoms with Gasteiger partial charge in [-0.3, -0.25) is 4.79 Å². The Hall–Kier alpha value is -2.86. The molecule has 3 aromatic rings. The second-order valence-electron chi connectivity index (χ2n) is 6.49. The van der Waals surface area contributed by atoms with Crippen LogP contribution < -0.4 is 5.32 Å². The Bertz CT molecular complexity index is 860. The van der Waals surface area contributed by atoms with Gasteiger partial charge in [0.05, 0.1) is 11.8 Å². The van der Waals surface area contributed by atoms with Gasteiger partial charge in [0.2, 0.25) is 5.88 Å². The molecule has 32 heavy (non-hydrogen) atoms. The number of carbonyl (C=O) groups is 1. The Morgan fingerprint density at radius 2 is 1.72 bits per heavy atom. The third-order valence-electron chi connectivity index (χ3n) is 3.69. The SMILES string of the molecule is C/C=C\C(C)C.CC.CNc1oncc1-c1ccc(Br)cc1.O=COCc1ccccc1. The van der Waals surface area contributed by atoms with Gasteiger partial charge in [0, 0.05) is 11.5 Å². The Morgan fingerprint density at radius 1 is 1.09 bits per heavy atom. The number of allylic oxidation sites excluding steroid dienone is 2. The molecule has 1 aromatic heterocycles. The third-order valence-corrected chi connectivity index (χ3v) is 4.22. The molecule has 1 N–H and O–H groups in total. The lowest BCUT2D eigenvalue weighted by molar-refractivity contribution is -0.129. The molecule has 0 unspecified atom stereocenters. The monoisotopic (exact) mass is 502 g/mol. The van der Waals surface area contributed by atoms with Crippen molar-refractivity contribution in [2.24, 2.45) is 5.92 Å². The minimum atomic E-state index is 0.365. The van der Waals surface area contributed by atoms with Crippen LogP contribution in [0.3, 0.4) is 0 Å². The number of anilines is 1. The fourth-order valence-corrected chi connectivity index (χ4v) is 2.61. The van der Waals surface area contributed by atoms with Crippen molar-refractivity contribution in [3.05, 3.63) is 83.0 Å². The van der Waals surface area contributed by atoms with Crippen molar-refractivity contribution in [2.45, 2.75) is 41.2 Å². The van der Waals surface area contributed by atoms with E-state index in [1.54, 1.807) is 6.20 Å². The zero-order valence-corrected chi connectivity index (χ0v) is 21.4. The number of hydrogen-bond acceptors (Lipinski definition) is 5. The highest BCUT2D eigenvalue weighted by Crippen LogP contribution is 2.28. The second-order valence-corrected chi connectivity index (χ2v) is 7.40. The summed E-state index contributed by atoms with van der Waals surface area (Å²) in [6.07, 6.45) is 5.94. The van der Waals surface area contributed by atoms with Gasteiger partial charge in [-0.1, -0.05) is 103 Å². The number of rotatable bonds is 6. The van der Waals surface area contributed by atoms with Crippen LogP contribution >= 0.6 is 15.9 Å². The fraction of sp³-hybridized carbons (Fsp3) is 0.308. The maximum Gasteiger partial charge on any atom is 0.293 e. The fourth-order valence-electron chi connectivity index (χ4n) is 2.34. The van der Waals surface area contributed by atoms with Crippen LogP contribution in [0.4, 0.5) is 5.88 Å². The van der Waals surface area contributed by atoms with Crippen LogP contribution in [0.2, 0.25) is 0 Å². The Kier molecular flexibility index (Phi) is 17.2. The van der Waals surface area contributed by atoms with Crippen molar-refractivity contribution >= 4 is 28.3 Å². The largest absolute Gasteiger partial charge is 0.463 e. The van der Waals surface area contributed by atoms with Gasteiger partial charge in [0.25, 0.3) is 6.47 Å². The highest BCUT2D eigenvalue weighted by atomic mass is 79.9. The molecule has 2 aromatic carbocycles. The number of ether oxygens (including phenoxy) is 1. The molecule has 0 aliphatic carbocycles. The van der Waals surface area contributed by atoms with Crippen LogP contribution in [0.5, 0.6) is 0 Å². The topological polar surface area (TPSA) is 64.4 Å². The number of nitrogens with one attached hydrogen (secondary N) is 1. The zero-order valence-electron chi connectivity index (χ0n) is 19.8. The molecule has 6 heteroatoms. The average molecular weight is 503 g/mol. The van der Waals surface area contributed by atoms with E-state index in [2.05, 4.69) is 57.1 Å². The smallest absolute Gasteiger partial charge is 0.293 e. The van der Waals surface area contributed by atoms with Crippen molar-refractivity contribution < 1.29 is 14.1 Å². The number of halogens is 1. The quantitative estimate of drug-likeness (QED) is 0.275. The normalized spacial score (nSPS) is 9.50. The van der Waals surface area contributed by atoms with Crippen molar-refractivity contribution in [3.63, 3.8) is 0 Å². The maximum atomic E-state index is 9.76. The predicted molar refractivity (Wildman–Crippen MR) is 137 cm³/mol. The van der Waals surface area contributed by atoms with Gasteiger partial charge in [-0.25, -0.2) is 0 Å². The first-order chi connectivity index (χ1) is 15.5. The van der Waals surface area contributed by atoms with Crippen LogP contribution in [-0.4, -0.2) is 18.7 Å². The van der Waals surface area contributed by atoms with Gasteiger partial charge in [-0.05, 0) is 36.1 Å².